The van der Waals surface area contributed by atoms with E-state index in [2.05, 4.69) is 29.2 Å². The molecule has 4 heteroatoms. The van der Waals surface area contributed by atoms with E-state index in [1.54, 1.807) is 0 Å². The molecule has 0 saturated heterocycles. The minimum absolute atomic E-state index is 0.263. The summed E-state index contributed by atoms with van der Waals surface area (Å²) in [4.78, 5) is 4.67. The zero-order valence-electron chi connectivity index (χ0n) is 16.3. The Morgan fingerprint density at radius 2 is 1.40 bits per heavy atom. The number of rotatable bonds is 5. The number of ether oxygens (including phenoxy) is 2. The van der Waals surface area contributed by atoms with E-state index in [1.807, 2.05) is 72.9 Å². The zero-order chi connectivity index (χ0) is 20.4. The van der Waals surface area contributed by atoms with Gasteiger partial charge in [-0.05, 0) is 23.3 Å². The largest absolute Gasteiger partial charge is 0.455 e. The zero-order valence-corrected chi connectivity index (χ0v) is 17.0. The van der Waals surface area contributed by atoms with Crippen molar-refractivity contribution in [2.45, 2.75) is 18.1 Å². The maximum absolute atomic E-state index is 6.60. The van der Waals surface area contributed by atoms with Gasteiger partial charge in [-0.25, -0.2) is 0 Å². The van der Waals surface area contributed by atoms with Gasteiger partial charge < -0.3 is 9.47 Å². The molecule has 0 atom stereocenters. The lowest BCUT2D eigenvalue weighted by molar-refractivity contribution is 0.0264. The van der Waals surface area contributed by atoms with Gasteiger partial charge in [0, 0.05) is 17.3 Å². The van der Waals surface area contributed by atoms with Gasteiger partial charge in [0.15, 0.2) is 5.75 Å². The van der Waals surface area contributed by atoms with Gasteiger partial charge in [-0.3, -0.25) is 4.98 Å². The van der Waals surface area contributed by atoms with Crippen LogP contribution in [0.5, 0.6) is 11.5 Å². The average molecular weight is 414 g/mol. The van der Waals surface area contributed by atoms with Crippen LogP contribution < -0.4 is 4.74 Å². The molecule has 0 bridgehead atoms. The van der Waals surface area contributed by atoms with E-state index in [9.17, 15) is 0 Å². The Bertz CT molecular complexity index is 1110. The molecule has 1 aliphatic heterocycles. The number of nitrogens with zero attached hydrogens (tertiary/aromatic N) is 1. The normalized spacial score (nSPS) is 14.3. The lowest BCUT2D eigenvalue weighted by Gasteiger charge is -2.31. The van der Waals surface area contributed by atoms with Gasteiger partial charge in [0.05, 0.1) is 18.2 Å². The Labute approximate surface area is 180 Å². The average Bonchev–Trinajstić information content (AvgIpc) is 3.22. The third kappa shape index (κ3) is 3.07. The van der Waals surface area contributed by atoms with Crippen LogP contribution in [0.2, 0.25) is 0 Å². The van der Waals surface area contributed by atoms with E-state index in [1.165, 1.54) is 0 Å². The smallest absolute Gasteiger partial charge is 0.156 e. The Morgan fingerprint density at radius 3 is 1.97 bits per heavy atom. The summed E-state index contributed by atoms with van der Waals surface area (Å²) < 4.78 is 12.9. The lowest BCUT2D eigenvalue weighted by Crippen LogP contribution is -2.28. The topological polar surface area (TPSA) is 31.4 Å². The van der Waals surface area contributed by atoms with Crippen LogP contribution in [0.1, 0.15) is 27.9 Å². The Kier molecular flexibility index (Phi) is 4.99. The molecule has 0 saturated carbocycles. The Hall–Kier alpha value is -3.14. The molecule has 2 heterocycles. The standard InChI is InChI=1S/C26H20ClNO2/c27-16-24-25(30-21-14-8-3-9-15-21)22-18-29-26(23(22)17-28-24,19-10-4-1-5-11-19)20-12-6-2-7-13-20/h1-15,17H,16,18H2. The fraction of sp³-hybridized carbons (Fsp3) is 0.115. The first-order chi connectivity index (χ1) is 14.8. The molecule has 0 unspecified atom stereocenters. The fourth-order valence-corrected chi connectivity index (χ4v) is 4.28. The van der Waals surface area contributed by atoms with Crippen molar-refractivity contribution in [3.05, 3.63) is 125 Å². The highest BCUT2D eigenvalue weighted by Gasteiger charge is 2.45. The molecule has 30 heavy (non-hydrogen) atoms. The Morgan fingerprint density at radius 1 is 0.833 bits per heavy atom. The second-order valence-corrected chi connectivity index (χ2v) is 7.44. The molecule has 3 aromatic carbocycles. The minimum atomic E-state index is -0.746. The van der Waals surface area contributed by atoms with Crippen LogP contribution in [0.25, 0.3) is 0 Å². The fourth-order valence-electron chi connectivity index (χ4n) is 4.09. The molecule has 5 rings (SSSR count). The quantitative estimate of drug-likeness (QED) is 0.353. The maximum Gasteiger partial charge on any atom is 0.156 e. The summed E-state index contributed by atoms with van der Waals surface area (Å²) in [6.07, 6.45) is 1.89. The van der Waals surface area contributed by atoms with Gasteiger partial charge in [0.25, 0.3) is 0 Å². The number of hydrogen-bond acceptors (Lipinski definition) is 3. The van der Waals surface area contributed by atoms with Crippen molar-refractivity contribution in [3.63, 3.8) is 0 Å². The van der Waals surface area contributed by atoms with Gasteiger partial charge in [-0.2, -0.15) is 0 Å². The molecular weight excluding hydrogens is 394 g/mol. The summed E-state index contributed by atoms with van der Waals surface area (Å²) in [6, 6.07) is 30.2. The van der Waals surface area contributed by atoms with Crippen LogP contribution in [0.15, 0.2) is 97.2 Å². The van der Waals surface area contributed by atoms with Gasteiger partial charge in [-0.1, -0.05) is 78.9 Å². The van der Waals surface area contributed by atoms with Crippen molar-refractivity contribution in [1.82, 2.24) is 4.98 Å². The van der Waals surface area contributed by atoms with E-state index >= 15 is 0 Å². The second kappa shape index (κ2) is 7.94. The number of para-hydroxylation sites is 1. The third-order valence-corrected chi connectivity index (χ3v) is 5.73. The monoisotopic (exact) mass is 413 g/mol. The van der Waals surface area contributed by atoms with E-state index in [0.717, 1.165) is 28.0 Å². The van der Waals surface area contributed by atoms with E-state index in [4.69, 9.17) is 21.1 Å². The summed E-state index contributed by atoms with van der Waals surface area (Å²) in [5.41, 5.74) is 4.04. The molecule has 0 radical (unpaired) electrons. The van der Waals surface area contributed by atoms with E-state index < -0.39 is 5.60 Å². The number of pyridine rings is 1. The summed E-state index contributed by atoms with van der Waals surface area (Å²) in [6.45, 7) is 0.410. The number of benzene rings is 3. The van der Waals surface area contributed by atoms with Gasteiger partial charge in [0.1, 0.15) is 11.4 Å². The van der Waals surface area contributed by atoms with Crippen molar-refractivity contribution in [1.29, 1.82) is 0 Å². The summed E-state index contributed by atoms with van der Waals surface area (Å²) in [7, 11) is 0. The predicted molar refractivity (Wildman–Crippen MR) is 118 cm³/mol. The number of fused-ring (bicyclic) bond motifs is 1. The van der Waals surface area contributed by atoms with Crippen molar-refractivity contribution >= 4 is 11.6 Å². The van der Waals surface area contributed by atoms with Crippen LogP contribution >= 0.6 is 11.6 Å². The van der Waals surface area contributed by atoms with Crippen molar-refractivity contribution in [2.75, 3.05) is 0 Å². The minimum Gasteiger partial charge on any atom is -0.455 e. The Balaban J connectivity index is 1.73. The van der Waals surface area contributed by atoms with Gasteiger partial charge >= 0.3 is 0 Å². The number of aromatic nitrogens is 1. The molecular formula is C26H20ClNO2. The molecule has 0 spiro atoms. The van der Waals surface area contributed by atoms with Gasteiger partial charge in [-0.15, -0.1) is 11.6 Å². The first-order valence-corrected chi connectivity index (χ1v) is 10.4. The number of alkyl halides is 1. The van der Waals surface area contributed by atoms with E-state index in [0.29, 0.717) is 18.1 Å². The lowest BCUT2D eigenvalue weighted by atomic mass is 9.80. The van der Waals surface area contributed by atoms with Crippen LogP contribution in [-0.4, -0.2) is 4.98 Å². The first-order valence-electron chi connectivity index (χ1n) is 9.88. The van der Waals surface area contributed by atoms with Gasteiger partial charge in [0.2, 0.25) is 0 Å². The molecule has 0 N–H and O–H groups in total. The summed E-state index contributed by atoms with van der Waals surface area (Å²) in [5.74, 6) is 1.69. The molecule has 0 fully saturated rings. The molecule has 3 nitrogen and oxygen atoms in total. The highest BCUT2D eigenvalue weighted by molar-refractivity contribution is 6.17. The molecule has 4 aromatic rings. The summed E-state index contributed by atoms with van der Waals surface area (Å²) in [5, 5.41) is 0. The second-order valence-electron chi connectivity index (χ2n) is 7.18. The molecule has 0 aliphatic carbocycles. The number of halogens is 1. The molecule has 0 amide bonds. The maximum atomic E-state index is 6.60. The number of hydrogen-bond donors (Lipinski definition) is 0. The SMILES string of the molecule is ClCc1ncc2c(c1Oc1ccccc1)COC2(c1ccccc1)c1ccccc1. The highest BCUT2D eigenvalue weighted by Crippen LogP contribution is 2.50. The van der Waals surface area contributed by atoms with Crippen LogP contribution in [0.3, 0.4) is 0 Å². The predicted octanol–water partition coefficient (Wildman–Crippen LogP) is 6.43. The van der Waals surface area contributed by atoms with Crippen molar-refractivity contribution in [2.24, 2.45) is 0 Å². The summed E-state index contributed by atoms with van der Waals surface area (Å²) >= 11 is 6.22. The molecule has 148 valence electrons. The first kappa shape index (κ1) is 18.9. The molecule has 1 aromatic heterocycles. The van der Waals surface area contributed by atoms with Crippen LogP contribution in [0, 0.1) is 0 Å². The van der Waals surface area contributed by atoms with Crippen LogP contribution in [0.4, 0.5) is 0 Å². The molecule has 1 aliphatic rings. The van der Waals surface area contributed by atoms with Crippen molar-refractivity contribution < 1.29 is 9.47 Å². The van der Waals surface area contributed by atoms with E-state index in [-0.39, 0.29) is 5.88 Å². The highest BCUT2D eigenvalue weighted by atomic mass is 35.5. The third-order valence-electron chi connectivity index (χ3n) is 5.47. The van der Waals surface area contributed by atoms with Crippen molar-refractivity contribution in [3.8, 4) is 11.5 Å². The van der Waals surface area contributed by atoms with Crippen LogP contribution in [-0.2, 0) is 22.8 Å².